The molecule has 0 fully saturated rings. The summed E-state index contributed by atoms with van der Waals surface area (Å²) in [5.41, 5.74) is 0.525. The molecule has 0 aliphatic heterocycles. The van der Waals surface area contributed by atoms with E-state index in [1.165, 1.54) is 13.0 Å². The van der Waals surface area contributed by atoms with E-state index in [4.69, 9.17) is 5.11 Å². The molecule has 0 bridgehead atoms. The van der Waals surface area contributed by atoms with Gasteiger partial charge in [-0.15, -0.1) is 11.8 Å². The van der Waals surface area contributed by atoms with E-state index in [-0.39, 0.29) is 11.4 Å². The van der Waals surface area contributed by atoms with E-state index in [1.54, 1.807) is 19.1 Å². The number of aliphatic carboxylic acids is 1. The molecule has 1 atom stereocenters. The summed E-state index contributed by atoms with van der Waals surface area (Å²) < 4.78 is 0. The Bertz CT molecular complexity index is 547. The fourth-order valence-electron chi connectivity index (χ4n) is 1.48. The summed E-state index contributed by atoms with van der Waals surface area (Å²) in [6.45, 7) is 2.86. The lowest BCUT2D eigenvalue weighted by Crippen LogP contribution is -2.41. The molecule has 7 nitrogen and oxygen atoms in total. The maximum atomic E-state index is 10.9. The molecular weight excluding hydrogens is 284 g/mol. The van der Waals surface area contributed by atoms with E-state index in [9.17, 15) is 19.7 Å². The van der Waals surface area contributed by atoms with Crippen LogP contribution in [0.25, 0.3) is 0 Å². The van der Waals surface area contributed by atoms with Crippen molar-refractivity contribution < 1.29 is 19.6 Å². The van der Waals surface area contributed by atoms with E-state index >= 15 is 0 Å². The number of carboxylic acids is 1. The lowest BCUT2D eigenvalue weighted by Gasteiger charge is -2.12. The second-order valence-electron chi connectivity index (χ2n) is 4.11. The third-order valence-corrected chi connectivity index (χ3v) is 3.56. The van der Waals surface area contributed by atoms with E-state index in [1.807, 2.05) is 0 Å². The third-order valence-electron chi connectivity index (χ3n) is 2.47. The molecule has 1 aromatic rings. The summed E-state index contributed by atoms with van der Waals surface area (Å²) in [5.74, 6) is -1.49. The number of nitro groups is 1. The molecule has 2 N–H and O–H groups in total. The van der Waals surface area contributed by atoms with Gasteiger partial charge in [0.15, 0.2) is 0 Å². The molecule has 0 saturated heterocycles. The van der Waals surface area contributed by atoms with Crippen LogP contribution < -0.4 is 5.32 Å². The number of carboxylic acid groups (broad SMARTS) is 1. The average molecular weight is 298 g/mol. The smallest absolute Gasteiger partial charge is 0.327 e. The standard InChI is InChI=1S/C12H14N2O5S/c1-7-3-4-9(5-11(7)14(18)19)20-6-10(12(16)17)13-8(2)15/h3-5,10H,6H2,1-2H3,(H,13,15)(H,16,17)/t10-/m0/s1. The molecule has 8 heteroatoms. The number of thioether (sulfide) groups is 1. The molecule has 0 radical (unpaired) electrons. The first-order valence-corrected chi connectivity index (χ1v) is 6.67. The average Bonchev–Trinajstić information content (AvgIpc) is 2.34. The van der Waals surface area contributed by atoms with Crippen LogP contribution in [0.4, 0.5) is 5.69 Å². The molecule has 0 spiro atoms. The van der Waals surface area contributed by atoms with E-state index in [0.717, 1.165) is 11.8 Å². The van der Waals surface area contributed by atoms with Crippen molar-refractivity contribution in [3.8, 4) is 0 Å². The first-order valence-electron chi connectivity index (χ1n) is 5.69. The van der Waals surface area contributed by atoms with E-state index in [2.05, 4.69) is 5.32 Å². The van der Waals surface area contributed by atoms with Crippen molar-refractivity contribution >= 4 is 29.3 Å². The largest absolute Gasteiger partial charge is 0.480 e. The van der Waals surface area contributed by atoms with Crippen molar-refractivity contribution in [3.63, 3.8) is 0 Å². The molecule has 1 amide bonds. The fraction of sp³-hybridized carbons (Fsp3) is 0.333. The molecule has 108 valence electrons. The highest BCUT2D eigenvalue weighted by molar-refractivity contribution is 7.99. The normalized spacial score (nSPS) is 11.7. The van der Waals surface area contributed by atoms with Gasteiger partial charge in [0.05, 0.1) is 4.92 Å². The van der Waals surface area contributed by atoms with Crippen LogP contribution in [0.5, 0.6) is 0 Å². The Morgan fingerprint density at radius 1 is 1.50 bits per heavy atom. The second kappa shape index (κ2) is 6.90. The zero-order valence-electron chi connectivity index (χ0n) is 11.0. The second-order valence-corrected chi connectivity index (χ2v) is 5.20. The number of benzene rings is 1. The molecule has 1 rings (SSSR count). The highest BCUT2D eigenvalue weighted by atomic mass is 32.2. The number of carbonyl (C=O) groups excluding carboxylic acids is 1. The predicted octanol–water partition coefficient (Wildman–Crippen LogP) is 1.58. The number of nitro benzene ring substituents is 1. The molecule has 0 heterocycles. The fourth-order valence-corrected chi connectivity index (χ4v) is 2.42. The summed E-state index contributed by atoms with van der Waals surface area (Å²) in [4.78, 5) is 32.7. The zero-order valence-corrected chi connectivity index (χ0v) is 11.8. The maximum absolute atomic E-state index is 10.9. The van der Waals surface area contributed by atoms with Crippen LogP contribution in [0.2, 0.25) is 0 Å². The van der Waals surface area contributed by atoms with Gasteiger partial charge in [-0.1, -0.05) is 6.07 Å². The monoisotopic (exact) mass is 298 g/mol. The Labute approximate surface area is 119 Å². The van der Waals surface area contributed by atoms with Gasteiger partial charge in [0.2, 0.25) is 5.91 Å². The Morgan fingerprint density at radius 2 is 2.15 bits per heavy atom. The molecular formula is C12H14N2O5S. The number of rotatable bonds is 6. The topological polar surface area (TPSA) is 110 Å². The SMILES string of the molecule is CC(=O)N[C@@H](CSc1ccc(C)c([N+](=O)[O-])c1)C(=O)O. The number of nitrogens with one attached hydrogen (secondary N) is 1. The minimum atomic E-state index is -1.14. The number of nitrogens with zero attached hydrogens (tertiary/aromatic N) is 1. The summed E-state index contributed by atoms with van der Waals surface area (Å²) in [7, 11) is 0. The van der Waals surface area contributed by atoms with Crippen molar-refractivity contribution in [2.45, 2.75) is 24.8 Å². The van der Waals surface area contributed by atoms with Gasteiger partial charge in [0.1, 0.15) is 6.04 Å². The van der Waals surface area contributed by atoms with Gasteiger partial charge in [0, 0.05) is 29.2 Å². The van der Waals surface area contributed by atoms with Crippen molar-refractivity contribution in [2.24, 2.45) is 0 Å². The third kappa shape index (κ3) is 4.54. The molecule has 20 heavy (non-hydrogen) atoms. The van der Waals surface area contributed by atoms with Crippen LogP contribution in [-0.2, 0) is 9.59 Å². The number of hydrogen-bond acceptors (Lipinski definition) is 5. The molecule has 0 unspecified atom stereocenters. The first-order chi connectivity index (χ1) is 9.31. The summed E-state index contributed by atoms with van der Waals surface area (Å²) >= 11 is 1.14. The van der Waals surface area contributed by atoms with Crippen molar-refractivity contribution in [1.29, 1.82) is 0 Å². The lowest BCUT2D eigenvalue weighted by atomic mass is 10.2. The highest BCUT2D eigenvalue weighted by Gasteiger charge is 2.19. The van der Waals surface area contributed by atoms with Crippen LogP contribution >= 0.6 is 11.8 Å². The number of hydrogen-bond donors (Lipinski definition) is 2. The minimum Gasteiger partial charge on any atom is -0.480 e. The maximum Gasteiger partial charge on any atom is 0.327 e. The summed E-state index contributed by atoms with van der Waals surface area (Å²) in [6.07, 6.45) is 0. The van der Waals surface area contributed by atoms with Crippen LogP contribution in [0.3, 0.4) is 0 Å². The van der Waals surface area contributed by atoms with Crippen molar-refractivity contribution in [3.05, 3.63) is 33.9 Å². The molecule has 0 saturated carbocycles. The van der Waals surface area contributed by atoms with Crippen LogP contribution in [0, 0.1) is 17.0 Å². The Morgan fingerprint density at radius 3 is 2.65 bits per heavy atom. The van der Waals surface area contributed by atoms with Crippen LogP contribution in [0.1, 0.15) is 12.5 Å². The van der Waals surface area contributed by atoms with Crippen LogP contribution in [0.15, 0.2) is 23.1 Å². The minimum absolute atomic E-state index is 0.0126. The van der Waals surface area contributed by atoms with Gasteiger partial charge in [0.25, 0.3) is 5.69 Å². The zero-order chi connectivity index (χ0) is 15.3. The van der Waals surface area contributed by atoms with Gasteiger partial charge in [-0.25, -0.2) is 4.79 Å². The summed E-state index contributed by atoms with van der Waals surface area (Å²) in [5, 5.41) is 22.1. The molecule has 0 aromatic heterocycles. The van der Waals surface area contributed by atoms with E-state index in [0.29, 0.717) is 10.5 Å². The predicted molar refractivity (Wildman–Crippen MR) is 73.8 cm³/mol. The summed E-state index contributed by atoms with van der Waals surface area (Å²) in [6, 6.07) is 3.65. The molecule has 1 aromatic carbocycles. The lowest BCUT2D eigenvalue weighted by molar-refractivity contribution is -0.385. The molecule has 0 aliphatic carbocycles. The number of amides is 1. The van der Waals surface area contributed by atoms with Gasteiger partial charge < -0.3 is 10.4 Å². The number of aryl methyl sites for hydroxylation is 1. The van der Waals surface area contributed by atoms with Crippen LogP contribution in [-0.4, -0.2) is 33.7 Å². The van der Waals surface area contributed by atoms with E-state index < -0.39 is 22.8 Å². The van der Waals surface area contributed by atoms with Gasteiger partial charge in [-0.05, 0) is 13.0 Å². The van der Waals surface area contributed by atoms with Gasteiger partial charge in [-0.2, -0.15) is 0 Å². The van der Waals surface area contributed by atoms with Crippen molar-refractivity contribution in [2.75, 3.05) is 5.75 Å². The first kappa shape index (κ1) is 16.0. The highest BCUT2D eigenvalue weighted by Crippen LogP contribution is 2.26. The number of carbonyl (C=O) groups is 2. The quantitative estimate of drug-likeness (QED) is 0.469. The Hall–Kier alpha value is -2.09. The van der Waals surface area contributed by atoms with Crippen molar-refractivity contribution in [1.82, 2.24) is 5.32 Å². The molecule has 0 aliphatic rings. The van der Waals surface area contributed by atoms with Gasteiger partial charge in [-0.3, -0.25) is 14.9 Å². The van der Waals surface area contributed by atoms with Gasteiger partial charge >= 0.3 is 5.97 Å². The Balaban J connectivity index is 2.78. The Kier molecular flexibility index (Phi) is 5.51.